The summed E-state index contributed by atoms with van der Waals surface area (Å²) in [6.07, 6.45) is 5.74. The highest BCUT2D eigenvalue weighted by molar-refractivity contribution is 7.13. The van der Waals surface area contributed by atoms with Gasteiger partial charge in [0.25, 0.3) is 5.91 Å². The van der Waals surface area contributed by atoms with Crippen molar-refractivity contribution in [2.75, 3.05) is 0 Å². The summed E-state index contributed by atoms with van der Waals surface area (Å²) >= 11 is 1.38. The van der Waals surface area contributed by atoms with Crippen LogP contribution in [0.25, 0.3) is 10.8 Å². The molecule has 1 atom stereocenters. The Labute approximate surface area is 125 Å². The molecule has 0 aliphatic carbocycles. The maximum Gasteiger partial charge on any atom is 0.271 e. The number of aromatic amines is 1. The summed E-state index contributed by atoms with van der Waals surface area (Å²) in [6.45, 7) is 1.99. The van der Waals surface area contributed by atoms with Gasteiger partial charge in [-0.05, 0) is 18.6 Å². The second-order valence-electron chi connectivity index (χ2n) is 4.42. The summed E-state index contributed by atoms with van der Waals surface area (Å²) in [4.78, 5) is 23.7. The normalized spacial score (nSPS) is 12.2. The van der Waals surface area contributed by atoms with Crippen LogP contribution < -0.4 is 5.32 Å². The topological polar surface area (TPSA) is 83.8 Å². The van der Waals surface area contributed by atoms with Gasteiger partial charge in [-0.15, -0.1) is 11.3 Å². The lowest BCUT2D eigenvalue weighted by atomic mass is 10.2. The maximum atomic E-state index is 12.3. The molecule has 0 spiro atoms. The van der Waals surface area contributed by atoms with E-state index < -0.39 is 0 Å². The highest BCUT2D eigenvalue weighted by Gasteiger charge is 2.18. The predicted octanol–water partition coefficient (Wildman–Crippen LogP) is 3.01. The molecule has 1 unspecified atom stereocenters. The summed E-state index contributed by atoms with van der Waals surface area (Å²) in [5, 5.41) is 5.34. The molecule has 3 aromatic rings. The maximum absolute atomic E-state index is 12.3. The zero-order chi connectivity index (χ0) is 14.7. The van der Waals surface area contributed by atoms with Crippen LogP contribution in [-0.2, 0) is 0 Å². The molecule has 2 N–H and O–H groups in total. The van der Waals surface area contributed by atoms with Gasteiger partial charge in [-0.25, -0.2) is 9.97 Å². The first kappa shape index (κ1) is 13.6. The monoisotopic (exact) mass is 302 g/mol. The minimum Gasteiger partial charge on any atom is -0.462 e. The van der Waals surface area contributed by atoms with E-state index in [1.54, 1.807) is 30.1 Å². The van der Waals surface area contributed by atoms with E-state index >= 15 is 0 Å². The number of hydrogen-bond donors (Lipinski definition) is 2. The van der Waals surface area contributed by atoms with Crippen LogP contribution in [0.1, 0.15) is 35.7 Å². The van der Waals surface area contributed by atoms with Crippen LogP contribution in [-0.4, -0.2) is 20.9 Å². The number of amides is 1. The van der Waals surface area contributed by atoms with E-state index in [0.29, 0.717) is 16.5 Å². The van der Waals surface area contributed by atoms with Gasteiger partial charge >= 0.3 is 0 Å². The average Bonchev–Trinajstić information content (AvgIpc) is 3.26. The molecule has 6 nitrogen and oxygen atoms in total. The third-order valence-electron chi connectivity index (χ3n) is 3.03. The lowest BCUT2D eigenvalue weighted by Crippen LogP contribution is -2.29. The van der Waals surface area contributed by atoms with E-state index in [4.69, 9.17) is 4.42 Å². The van der Waals surface area contributed by atoms with E-state index in [-0.39, 0.29) is 11.9 Å². The number of nitrogens with zero attached hydrogens (tertiary/aromatic N) is 2. The number of aromatic nitrogens is 3. The fraction of sp³-hybridized carbons (Fsp3) is 0.214. The van der Waals surface area contributed by atoms with E-state index in [0.717, 1.165) is 12.2 Å². The lowest BCUT2D eigenvalue weighted by Gasteiger charge is -2.13. The minimum absolute atomic E-state index is 0.152. The molecule has 3 heterocycles. The molecular formula is C14H14N4O2S. The molecule has 0 bridgehead atoms. The number of furan rings is 1. The zero-order valence-corrected chi connectivity index (χ0v) is 12.2. The number of rotatable bonds is 5. The minimum atomic E-state index is -0.215. The standard InChI is InChI=1S/C14H14N4O2S/c1-2-9(12-15-5-6-16-12)17-13(19)10-8-21-14(18-10)11-4-3-7-20-11/h3-9H,2H2,1H3,(H,15,16)(H,17,19). The molecule has 0 saturated carbocycles. The van der Waals surface area contributed by atoms with Crippen LogP contribution in [0.4, 0.5) is 0 Å². The van der Waals surface area contributed by atoms with Crippen molar-refractivity contribution in [3.63, 3.8) is 0 Å². The van der Waals surface area contributed by atoms with Crippen molar-refractivity contribution >= 4 is 17.2 Å². The first-order valence-electron chi connectivity index (χ1n) is 6.57. The molecule has 108 valence electrons. The van der Waals surface area contributed by atoms with E-state index in [9.17, 15) is 4.79 Å². The number of nitrogens with one attached hydrogen (secondary N) is 2. The largest absolute Gasteiger partial charge is 0.462 e. The van der Waals surface area contributed by atoms with Crippen molar-refractivity contribution in [2.24, 2.45) is 0 Å². The first-order chi connectivity index (χ1) is 10.3. The molecule has 0 aliphatic heterocycles. The third kappa shape index (κ3) is 2.87. The Balaban J connectivity index is 1.73. The molecular weight excluding hydrogens is 288 g/mol. The third-order valence-corrected chi connectivity index (χ3v) is 3.89. The van der Waals surface area contributed by atoms with Crippen LogP contribution in [0.5, 0.6) is 0 Å². The van der Waals surface area contributed by atoms with Gasteiger partial charge in [0.05, 0.1) is 12.3 Å². The van der Waals surface area contributed by atoms with Crippen LogP contribution in [0.15, 0.2) is 40.6 Å². The summed E-state index contributed by atoms with van der Waals surface area (Å²) < 4.78 is 5.27. The zero-order valence-electron chi connectivity index (χ0n) is 11.4. The Morgan fingerprint density at radius 3 is 3.14 bits per heavy atom. The van der Waals surface area contributed by atoms with Gasteiger partial charge in [0, 0.05) is 17.8 Å². The van der Waals surface area contributed by atoms with Gasteiger partial charge < -0.3 is 14.7 Å². The van der Waals surface area contributed by atoms with Crippen LogP contribution in [0.2, 0.25) is 0 Å². The molecule has 1 amide bonds. The number of carbonyl (C=O) groups excluding carboxylic acids is 1. The molecule has 0 aromatic carbocycles. The molecule has 21 heavy (non-hydrogen) atoms. The second kappa shape index (κ2) is 5.92. The van der Waals surface area contributed by atoms with Crippen LogP contribution in [0, 0.1) is 0 Å². The van der Waals surface area contributed by atoms with Gasteiger partial charge in [-0.2, -0.15) is 0 Å². The average molecular weight is 302 g/mol. The molecule has 7 heteroatoms. The van der Waals surface area contributed by atoms with Gasteiger partial charge in [0.1, 0.15) is 11.5 Å². The molecule has 3 rings (SSSR count). The van der Waals surface area contributed by atoms with Crippen molar-refractivity contribution < 1.29 is 9.21 Å². The SMILES string of the molecule is CCC(NC(=O)c1csc(-c2ccco2)n1)c1ncc[nH]1. The van der Waals surface area contributed by atoms with Crippen molar-refractivity contribution in [1.29, 1.82) is 0 Å². The fourth-order valence-electron chi connectivity index (χ4n) is 1.96. The Hall–Kier alpha value is -2.41. The highest BCUT2D eigenvalue weighted by atomic mass is 32.1. The Bertz CT molecular complexity index is 703. The first-order valence-corrected chi connectivity index (χ1v) is 7.45. The number of thiazole rings is 1. The number of hydrogen-bond acceptors (Lipinski definition) is 5. The summed E-state index contributed by atoms with van der Waals surface area (Å²) in [5.41, 5.74) is 0.386. The van der Waals surface area contributed by atoms with Crippen molar-refractivity contribution in [3.8, 4) is 10.8 Å². The molecule has 0 radical (unpaired) electrons. The van der Waals surface area contributed by atoms with Gasteiger partial charge in [-0.3, -0.25) is 4.79 Å². The fourth-order valence-corrected chi connectivity index (χ4v) is 2.72. The quantitative estimate of drug-likeness (QED) is 0.759. The van der Waals surface area contributed by atoms with E-state index in [2.05, 4.69) is 20.3 Å². The molecule has 3 aromatic heterocycles. The van der Waals surface area contributed by atoms with Crippen molar-refractivity contribution in [1.82, 2.24) is 20.3 Å². The van der Waals surface area contributed by atoms with Crippen molar-refractivity contribution in [2.45, 2.75) is 19.4 Å². The molecule has 0 saturated heterocycles. The highest BCUT2D eigenvalue weighted by Crippen LogP contribution is 2.24. The summed E-state index contributed by atoms with van der Waals surface area (Å²) in [7, 11) is 0. The van der Waals surface area contributed by atoms with Crippen LogP contribution in [0.3, 0.4) is 0 Å². The van der Waals surface area contributed by atoms with Gasteiger partial charge in [0.2, 0.25) is 0 Å². The Morgan fingerprint density at radius 1 is 1.57 bits per heavy atom. The second-order valence-corrected chi connectivity index (χ2v) is 5.28. The number of imidazole rings is 1. The van der Waals surface area contributed by atoms with Gasteiger partial charge in [-0.1, -0.05) is 6.92 Å². The van der Waals surface area contributed by atoms with Crippen molar-refractivity contribution in [3.05, 3.63) is 47.7 Å². The van der Waals surface area contributed by atoms with E-state index in [1.165, 1.54) is 11.3 Å². The number of H-pyrrole nitrogens is 1. The molecule has 0 fully saturated rings. The molecule has 0 aliphatic rings. The van der Waals surface area contributed by atoms with Crippen LogP contribution >= 0.6 is 11.3 Å². The predicted molar refractivity (Wildman–Crippen MR) is 78.9 cm³/mol. The Morgan fingerprint density at radius 2 is 2.48 bits per heavy atom. The Kier molecular flexibility index (Phi) is 3.83. The lowest BCUT2D eigenvalue weighted by molar-refractivity contribution is 0.0929. The van der Waals surface area contributed by atoms with E-state index in [1.807, 2.05) is 13.0 Å². The van der Waals surface area contributed by atoms with Gasteiger partial charge in [0.15, 0.2) is 10.8 Å². The smallest absolute Gasteiger partial charge is 0.271 e. The summed E-state index contributed by atoms with van der Waals surface area (Å²) in [5.74, 6) is 1.19. The number of carbonyl (C=O) groups is 1. The summed E-state index contributed by atoms with van der Waals surface area (Å²) in [6, 6.07) is 3.46.